The van der Waals surface area contributed by atoms with Crippen molar-refractivity contribution in [2.75, 3.05) is 19.8 Å². The summed E-state index contributed by atoms with van der Waals surface area (Å²) in [6, 6.07) is 0. The summed E-state index contributed by atoms with van der Waals surface area (Å²) in [5.41, 5.74) is 0. The summed E-state index contributed by atoms with van der Waals surface area (Å²) in [5, 5.41) is 0. The lowest BCUT2D eigenvalue weighted by atomic mass is 10.4. The number of carbonyl (C=O) groups excluding carboxylic acids is 3. The minimum atomic E-state index is -0.536. The van der Waals surface area contributed by atoms with Gasteiger partial charge in [0.1, 0.15) is 6.42 Å². The van der Waals surface area contributed by atoms with Gasteiger partial charge < -0.3 is 14.2 Å². The predicted octanol–water partition coefficient (Wildman–Crippen LogP) is 1.07. The average Bonchev–Trinajstić information content (AvgIpc) is 2.18. The fraction of sp³-hybridized carbons (Fsp3) is 0.727. The summed E-state index contributed by atoms with van der Waals surface area (Å²) in [6.07, 6.45) is -0.290. The van der Waals surface area contributed by atoms with E-state index in [1.165, 1.54) is 6.92 Å². The van der Waals surface area contributed by atoms with E-state index in [4.69, 9.17) is 0 Å². The van der Waals surface area contributed by atoms with E-state index in [2.05, 4.69) is 14.2 Å². The van der Waals surface area contributed by atoms with Crippen LogP contribution in [0.15, 0.2) is 0 Å². The molecule has 0 aliphatic carbocycles. The van der Waals surface area contributed by atoms with Crippen LogP contribution in [-0.2, 0) is 28.6 Å². The zero-order valence-electron chi connectivity index (χ0n) is 10.8. The Kier molecular flexibility index (Phi) is 13.1. The monoisotopic (exact) mass is 248 g/mol. The van der Waals surface area contributed by atoms with Crippen molar-refractivity contribution in [2.24, 2.45) is 0 Å². The summed E-state index contributed by atoms with van der Waals surface area (Å²) in [4.78, 5) is 31.0. The molecule has 0 aliphatic rings. The number of esters is 3. The second-order valence-corrected chi connectivity index (χ2v) is 2.71. The van der Waals surface area contributed by atoms with Gasteiger partial charge in [0.2, 0.25) is 0 Å². The van der Waals surface area contributed by atoms with E-state index in [0.717, 1.165) is 0 Å². The SMILES string of the molecule is CCOC(=O)CC(=O)OCC.CCOC(C)=O. The molecular weight excluding hydrogens is 228 g/mol. The maximum absolute atomic E-state index is 10.6. The second-order valence-electron chi connectivity index (χ2n) is 2.71. The van der Waals surface area contributed by atoms with Crippen molar-refractivity contribution in [2.45, 2.75) is 34.1 Å². The van der Waals surface area contributed by atoms with Crippen LogP contribution in [0.2, 0.25) is 0 Å². The van der Waals surface area contributed by atoms with Crippen molar-refractivity contribution < 1.29 is 28.6 Å². The highest BCUT2D eigenvalue weighted by atomic mass is 16.6. The highest BCUT2D eigenvalue weighted by Gasteiger charge is 2.09. The molecule has 0 amide bonds. The normalized spacial score (nSPS) is 8.47. The zero-order chi connectivity index (χ0) is 13.7. The van der Waals surface area contributed by atoms with Crippen LogP contribution in [-0.4, -0.2) is 37.7 Å². The number of ether oxygens (including phenoxy) is 3. The molecular formula is C11H20O6. The molecule has 0 N–H and O–H groups in total. The van der Waals surface area contributed by atoms with Gasteiger partial charge in [-0.2, -0.15) is 0 Å². The Morgan fingerprint density at radius 2 is 1.12 bits per heavy atom. The van der Waals surface area contributed by atoms with Gasteiger partial charge in [0.05, 0.1) is 19.8 Å². The Hall–Kier alpha value is -1.59. The minimum Gasteiger partial charge on any atom is -0.466 e. The van der Waals surface area contributed by atoms with Crippen molar-refractivity contribution in [3.8, 4) is 0 Å². The first-order valence-corrected chi connectivity index (χ1v) is 5.42. The molecule has 17 heavy (non-hydrogen) atoms. The third-order valence-electron chi connectivity index (χ3n) is 1.25. The molecule has 6 nitrogen and oxygen atoms in total. The minimum absolute atomic E-state index is 0.211. The Morgan fingerprint density at radius 1 is 0.765 bits per heavy atom. The summed E-state index contributed by atoms with van der Waals surface area (Å²) in [7, 11) is 0. The van der Waals surface area contributed by atoms with E-state index >= 15 is 0 Å². The van der Waals surface area contributed by atoms with Crippen molar-refractivity contribution in [3.63, 3.8) is 0 Å². The molecule has 0 saturated heterocycles. The summed E-state index contributed by atoms with van der Waals surface area (Å²) in [5.74, 6) is -1.28. The third kappa shape index (κ3) is 17.0. The van der Waals surface area contributed by atoms with E-state index in [0.29, 0.717) is 6.61 Å². The van der Waals surface area contributed by atoms with Gasteiger partial charge in [-0.15, -0.1) is 0 Å². The Balaban J connectivity index is 0. The van der Waals surface area contributed by atoms with Crippen LogP contribution >= 0.6 is 0 Å². The van der Waals surface area contributed by atoms with Crippen molar-refractivity contribution in [3.05, 3.63) is 0 Å². The van der Waals surface area contributed by atoms with Gasteiger partial charge >= 0.3 is 17.9 Å². The average molecular weight is 248 g/mol. The molecule has 0 fully saturated rings. The molecule has 0 aromatic rings. The Morgan fingerprint density at radius 3 is 1.29 bits per heavy atom. The number of hydrogen-bond acceptors (Lipinski definition) is 6. The third-order valence-corrected chi connectivity index (χ3v) is 1.25. The molecule has 0 radical (unpaired) electrons. The van der Waals surface area contributed by atoms with Crippen LogP contribution in [0.25, 0.3) is 0 Å². The second kappa shape index (κ2) is 12.5. The maximum atomic E-state index is 10.6. The molecule has 0 rings (SSSR count). The lowest BCUT2D eigenvalue weighted by Gasteiger charge is -2.00. The fourth-order valence-electron chi connectivity index (χ4n) is 0.745. The fourth-order valence-corrected chi connectivity index (χ4v) is 0.745. The Labute approximate surface area is 101 Å². The lowest BCUT2D eigenvalue weighted by Crippen LogP contribution is -2.13. The summed E-state index contributed by atoms with van der Waals surface area (Å²) < 4.78 is 13.4. The van der Waals surface area contributed by atoms with Crippen LogP contribution in [0.5, 0.6) is 0 Å². The highest BCUT2D eigenvalue weighted by molar-refractivity contribution is 5.91. The van der Waals surface area contributed by atoms with Crippen molar-refractivity contribution in [1.82, 2.24) is 0 Å². The van der Waals surface area contributed by atoms with E-state index in [1.807, 2.05) is 0 Å². The quantitative estimate of drug-likeness (QED) is 0.411. The van der Waals surface area contributed by atoms with E-state index < -0.39 is 11.9 Å². The largest absolute Gasteiger partial charge is 0.466 e. The van der Waals surface area contributed by atoms with Crippen molar-refractivity contribution in [1.29, 1.82) is 0 Å². The summed E-state index contributed by atoms with van der Waals surface area (Å²) in [6.45, 7) is 7.60. The van der Waals surface area contributed by atoms with E-state index in [9.17, 15) is 14.4 Å². The highest BCUT2D eigenvalue weighted by Crippen LogP contribution is 1.89. The molecule has 0 aromatic heterocycles. The van der Waals surface area contributed by atoms with Gasteiger partial charge in [0.25, 0.3) is 0 Å². The Bertz CT molecular complexity index is 220. The first kappa shape index (κ1) is 17.8. The maximum Gasteiger partial charge on any atom is 0.317 e. The topological polar surface area (TPSA) is 78.9 Å². The predicted molar refractivity (Wildman–Crippen MR) is 60.2 cm³/mol. The van der Waals surface area contributed by atoms with Gasteiger partial charge in [0, 0.05) is 6.92 Å². The molecule has 0 saturated carbocycles. The van der Waals surface area contributed by atoms with Crippen LogP contribution in [0.3, 0.4) is 0 Å². The summed E-state index contributed by atoms with van der Waals surface area (Å²) >= 11 is 0. The molecule has 0 unspecified atom stereocenters. The van der Waals surface area contributed by atoms with E-state index in [-0.39, 0.29) is 25.6 Å². The van der Waals surface area contributed by atoms with Gasteiger partial charge in [-0.3, -0.25) is 14.4 Å². The molecule has 0 aliphatic heterocycles. The first-order chi connectivity index (χ1) is 7.97. The first-order valence-electron chi connectivity index (χ1n) is 5.42. The molecule has 100 valence electrons. The van der Waals surface area contributed by atoms with Crippen LogP contribution < -0.4 is 0 Å². The standard InChI is InChI=1S/C7H12O4.C4H8O2/c1-3-10-6(8)5-7(9)11-4-2;1-3-6-4(2)5/h3-5H2,1-2H3;3H2,1-2H3. The molecule has 0 heterocycles. The van der Waals surface area contributed by atoms with Gasteiger partial charge in [-0.25, -0.2) is 0 Å². The number of rotatable bonds is 5. The van der Waals surface area contributed by atoms with Crippen LogP contribution in [0.1, 0.15) is 34.1 Å². The van der Waals surface area contributed by atoms with E-state index in [1.54, 1.807) is 20.8 Å². The van der Waals surface area contributed by atoms with Crippen LogP contribution in [0.4, 0.5) is 0 Å². The molecule has 0 spiro atoms. The number of hydrogen-bond donors (Lipinski definition) is 0. The van der Waals surface area contributed by atoms with Gasteiger partial charge in [-0.05, 0) is 20.8 Å². The van der Waals surface area contributed by atoms with Crippen LogP contribution in [0, 0.1) is 0 Å². The van der Waals surface area contributed by atoms with Crippen molar-refractivity contribution >= 4 is 17.9 Å². The van der Waals surface area contributed by atoms with Gasteiger partial charge in [-0.1, -0.05) is 0 Å². The van der Waals surface area contributed by atoms with Gasteiger partial charge in [0.15, 0.2) is 0 Å². The molecule has 0 aromatic carbocycles. The molecule has 0 bridgehead atoms. The smallest absolute Gasteiger partial charge is 0.317 e. The number of carbonyl (C=O) groups is 3. The zero-order valence-corrected chi connectivity index (χ0v) is 10.8. The molecule has 0 atom stereocenters. The molecule has 6 heteroatoms. The lowest BCUT2D eigenvalue weighted by molar-refractivity contribution is -0.154.